The third-order valence-corrected chi connectivity index (χ3v) is 9.92. The van der Waals surface area contributed by atoms with Gasteiger partial charge in [0, 0.05) is 38.6 Å². The number of hydrogen-bond donors (Lipinski definition) is 0. The molecule has 0 fully saturated rings. The number of fused-ring (bicyclic) bond motifs is 5. The van der Waals surface area contributed by atoms with E-state index in [2.05, 4.69) is 146 Å². The predicted molar refractivity (Wildman–Crippen MR) is 217 cm³/mol. The molecular formula is C49H31N3O. The lowest BCUT2D eigenvalue weighted by atomic mass is 9.97. The molecule has 53 heavy (non-hydrogen) atoms. The molecule has 0 N–H and O–H groups in total. The van der Waals surface area contributed by atoms with Gasteiger partial charge in [-0.25, -0.2) is 15.0 Å². The van der Waals surface area contributed by atoms with E-state index in [1.807, 2.05) is 42.5 Å². The van der Waals surface area contributed by atoms with Crippen LogP contribution in [0.2, 0.25) is 0 Å². The summed E-state index contributed by atoms with van der Waals surface area (Å²) < 4.78 is 6.59. The molecule has 0 aliphatic rings. The molecule has 0 unspecified atom stereocenters. The van der Waals surface area contributed by atoms with Crippen LogP contribution in [0.4, 0.5) is 0 Å². The maximum Gasteiger partial charge on any atom is 0.160 e. The first kappa shape index (κ1) is 30.6. The van der Waals surface area contributed by atoms with Gasteiger partial charge < -0.3 is 4.42 Å². The van der Waals surface area contributed by atoms with Crippen molar-refractivity contribution in [1.29, 1.82) is 0 Å². The standard InChI is InChI=1S/C49H31N3O/c1-4-13-32(14-5-1)33-23-25-36(26-24-33)43-31-42(35-17-8-3-9-18-35)50-49(51-43)38-29-27-37(28-30-38)46-45-40-19-10-11-22-44(40)53-48(45)41-21-12-20-39(47(41)52-46)34-15-6-2-7-16-34/h1-31H. The summed E-state index contributed by atoms with van der Waals surface area (Å²) in [6.07, 6.45) is 0. The zero-order valence-electron chi connectivity index (χ0n) is 28.6. The van der Waals surface area contributed by atoms with Gasteiger partial charge in [0.25, 0.3) is 0 Å². The van der Waals surface area contributed by atoms with Gasteiger partial charge in [-0.2, -0.15) is 0 Å². The molecule has 3 aromatic heterocycles. The van der Waals surface area contributed by atoms with Crippen molar-refractivity contribution < 1.29 is 4.42 Å². The Morgan fingerprint density at radius 3 is 1.57 bits per heavy atom. The van der Waals surface area contributed by atoms with Crippen molar-refractivity contribution in [3.63, 3.8) is 0 Å². The van der Waals surface area contributed by atoms with Crippen molar-refractivity contribution in [2.24, 2.45) is 0 Å². The van der Waals surface area contributed by atoms with Crippen LogP contribution in [0.3, 0.4) is 0 Å². The van der Waals surface area contributed by atoms with Gasteiger partial charge in [-0.3, -0.25) is 0 Å². The van der Waals surface area contributed by atoms with Crippen molar-refractivity contribution in [1.82, 2.24) is 15.0 Å². The predicted octanol–water partition coefficient (Wildman–Crippen LogP) is 12.9. The molecule has 0 bridgehead atoms. The molecular weight excluding hydrogens is 647 g/mol. The summed E-state index contributed by atoms with van der Waals surface area (Å²) in [5.41, 5.74) is 13.7. The highest BCUT2D eigenvalue weighted by molar-refractivity contribution is 6.20. The van der Waals surface area contributed by atoms with E-state index < -0.39 is 0 Å². The summed E-state index contributed by atoms with van der Waals surface area (Å²) in [6.45, 7) is 0. The van der Waals surface area contributed by atoms with Gasteiger partial charge in [0.1, 0.15) is 11.2 Å². The number of hydrogen-bond acceptors (Lipinski definition) is 4. The average Bonchev–Trinajstić information content (AvgIpc) is 3.64. The number of nitrogens with zero attached hydrogens (tertiary/aromatic N) is 3. The van der Waals surface area contributed by atoms with Crippen LogP contribution in [0.5, 0.6) is 0 Å². The van der Waals surface area contributed by atoms with Crippen LogP contribution in [0, 0.1) is 0 Å². The second-order valence-corrected chi connectivity index (χ2v) is 13.2. The topological polar surface area (TPSA) is 51.8 Å². The van der Waals surface area contributed by atoms with Crippen LogP contribution >= 0.6 is 0 Å². The number of furan rings is 1. The molecule has 4 heteroatoms. The van der Waals surface area contributed by atoms with E-state index in [0.29, 0.717) is 5.82 Å². The zero-order chi connectivity index (χ0) is 35.1. The number of pyridine rings is 1. The van der Waals surface area contributed by atoms with Crippen LogP contribution in [0.1, 0.15) is 0 Å². The Morgan fingerprint density at radius 2 is 0.868 bits per heavy atom. The molecule has 0 aliphatic carbocycles. The molecule has 0 saturated carbocycles. The molecule has 0 atom stereocenters. The maximum absolute atomic E-state index is 6.59. The molecule has 0 spiro atoms. The van der Waals surface area contributed by atoms with Gasteiger partial charge in [-0.1, -0.05) is 170 Å². The van der Waals surface area contributed by atoms with E-state index >= 15 is 0 Å². The van der Waals surface area contributed by atoms with E-state index in [0.717, 1.165) is 83.3 Å². The fourth-order valence-electron chi connectivity index (χ4n) is 7.27. The minimum Gasteiger partial charge on any atom is -0.455 e. The third-order valence-electron chi connectivity index (χ3n) is 9.92. The summed E-state index contributed by atoms with van der Waals surface area (Å²) in [4.78, 5) is 15.6. The van der Waals surface area contributed by atoms with Crippen LogP contribution < -0.4 is 0 Å². The molecule has 7 aromatic carbocycles. The minimum atomic E-state index is 0.664. The smallest absolute Gasteiger partial charge is 0.160 e. The van der Waals surface area contributed by atoms with Crippen molar-refractivity contribution >= 4 is 32.8 Å². The zero-order valence-corrected chi connectivity index (χ0v) is 28.6. The Labute approximate surface area is 306 Å². The lowest BCUT2D eigenvalue weighted by molar-refractivity contribution is 0.672. The van der Waals surface area contributed by atoms with E-state index in [1.54, 1.807) is 0 Å². The van der Waals surface area contributed by atoms with Gasteiger partial charge >= 0.3 is 0 Å². The van der Waals surface area contributed by atoms with Gasteiger partial charge in [0.05, 0.1) is 28.0 Å². The molecule has 0 radical (unpaired) electrons. The van der Waals surface area contributed by atoms with Crippen LogP contribution in [0.25, 0.3) is 100 Å². The van der Waals surface area contributed by atoms with Gasteiger partial charge in [0.15, 0.2) is 5.82 Å². The van der Waals surface area contributed by atoms with Crippen LogP contribution in [-0.2, 0) is 0 Å². The van der Waals surface area contributed by atoms with E-state index in [9.17, 15) is 0 Å². The van der Waals surface area contributed by atoms with Crippen molar-refractivity contribution in [2.75, 3.05) is 0 Å². The molecule has 3 heterocycles. The summed E-state index contributed by atoms with van der Waals surface area (Å²) >= 11 is 0. The highest BCUT2D eigenvalue weighted by Crippen LogP contribution is 2.42. The molecule has 0 aliphatic heterocycles. The molecule has 0 saturated heterocycles. The molecule has 248 valence electrons. The first-order valence-corrected chi connectivity index (χ1v) is 17.8. The highest BCUT2D eigenvalue weighted by atomic mass is 16.3. The molecule has 10 aromatic rings. The highest BCUT2D eigenvalue weighted by Gasteiger charge is 2.20. The number of aromatic nitrogens is 3. The summed E-state index contributed by atoms with van der Waals surface area (Å²) in [6, 6.07) is 64.8. The van der Waals surface area contributed by atoms with Crippen molar-refractivity contribution in [2.45, 2.75) is 0 Å². The van der Waals surface area contributed by atoms with E-state index in [4.69, 9.17) is 19.4 Å². The second-order valence-electron chi connectivity index (χ2n) is 13.2. The quantitative estimate of drug-likeness (QED) is 0.176. The average molecular weight is 678 g/mol. The normalized spacial score (nSPS) is 11.4. The van der Waals surface area contributed by atoms with Crippen LogP contribution in [-0.4, -0.2) is 15.0 Å². The minimum absolute atomic E-state index is 0.664. The number of rotatable bonds is 6. The fourth-order valence-corrected chi connectivity index (χ4v) is 7.27. The number of benzene rings is 7. The monoisotopic (exact) mass is 677 g/mol. The Morgan fingerprint density at radius 1 is 0.358 bits per heavy atom. The summed E-state index contributed by atoms with van der Waals surface area (Å²) in [5, 5.41) is 3.05. The van der Waals surface area contributed by atoms with Crippen LogP contribution in [0.15, 0.2) is 192 Å². The number of para-hydroxylation sites is 2. The Balaban J connectivity index is 1.11. The molecule has 0 amide bonds. The summed E-state index contributed by atoms with van der Waals surface area (Å²) in [7, 11) is 0. The second kappa shape index (κ2) is 12.9. The third kappa shape index (κ3) is 5.54. The maximum atomic E-state index is 6.59. The Bertz CT molecular complexity index is 2900. The Hall–Kier alpha value is -7.17. The fraction of sp³-hybridized carbons (Fsp3) is 0. The molecule has 10 rings (SSSR count). The first-order valence-electron chi connectivity index (χ1n) is 17.8. The lowest BCUT2D eigenvalue weighted by Gasteiger charge is -2.12. The van der Waals surface area contributed by atoms with Crippen molar-refractivity contribution in [3.05, 3.63) is 188 Å². The largest absolute Gasteiger partial charge is 0.455 e. The lowest BCUT2D eigenvalue weighted by Crippen LogP contribution is -1.96. The summed E-state index contributed by atoms with van der Waals surface area (Å²) in [5.74, 6) is 0.664. The van der Waals surface area contributed by atoms with Gasteiger partial charge in [0.2, 0.25) is 0 Å². The molecule has 4 nitrogen and oxygen atoms in total. The van der Waals surface area contributed by atoms with E-state index in [1.165, 1.54) is 11.1 Å². The van der Waals surface area contributed by atoms with Gasteiger partial charge in [-0.05, 0) is 34.9 Å². The Kier molecular flexibility index (Phi) is 7.43. The van der Waals surface area contributed by atoms with Gasteiger partial charge in [-0.15, -0.1) is 0 Å². The SMILES string of the molecule is c1ccc(-c2ccc(-c3cc(-c4ccccc4)nc(-c4ccc(-c5nc6c(-c7ccccc7)cccc6c6oc7ccccc7c56)cc4)n3)cc2)cc1. The first-order chi connectivity index (χ1) is 26.3. The van der Waals surface area contributed by atoms with Crippen molar-refractivity contribution in [3.8, 4) is 67.4 Å². The van der Waals surface area contributed by atoms with E-state index in [-0.39, 0.29) is 0 Å².